The van der Waals surface area contributed by atoms with Crippen LogP contribution in [0.1, 0.15) is 42.5 Å². The van der Waals surface area contributed by atoms with Crippen molar-refractivity contribution in [3.05, 3.63) is 35.4 Å². The third-order valence-corrected chi connectivity index (χ3v) is 3.83. The van der Waals surface area contributed by atoms with Gasteiger partial charge in [0.25, 0.3) is 5.91 Å². The van der Waals surface area contributed by atoms with E-state index in [4.69, 9.17) is 0 Å². The van der Waals surface area contributed by atoms with Crippen LogP contribution < -0.4 is 5.32 Å². The Morgan fingerprint density at radius 1 is 1.15 bits per heavy atom. The Morgan fingerprint density at radius 3 is 2.45 bits per heavy atom. The molecule has 2 unspecified atom stereocenters. The van der Waals surface area contributed by atoms with Crippen LogP contribution in [0.5, 0.6) is 0 Å². The van der Waals surface area contributed by atoms with E-state index < -0.39 is 17.5 Å². The molecule has 2 N–H and O–H groups in total. The third kappa shape index (κ3) is 3.76. The largest absolute Gasteiger partial charge is 0.396 e. The number of rotatable bonds is 3. The number of halogens is 2. The molecule has 0 radical (unpaired) electrons. The van der Waals surface area contributed by atoms with Crippen molar-refractivity contribution in [3.8, 4) is 0 Å². The van der Waals surface area contributed by atoms with Crippen LogP contribution in [0.4, 0.5) is 8.78 Å². The van der Waals surface area contributed by atoms with Crippen LogP contribution in [0.3, 0.4) is 0 Å². The molecule has 1 fully saturated rings. The predicted molar refractivity (Wildman–Crippen MR) is 71.3 cm³/mol. The summed E-state index contributed by atoms with van der Waals surface area (Å²) in [6.07, 6.45) is 4.75. The Labute approximate surface area is 117 Å². The highest BCUT2D eigenvalue weighted by Gasteiger charge is 2.25. The molecule has 0 bridgehead atoms. The quantitative estimate of drug-likeness (QED) is 0.838. The Morgan fingerprint density at radius 2 is 1.80 bits per heavy atom. The van der Waals surface area contributed by atoms with Crippen LogP contribution in [0.2, 0.25) is 0 Å². The van der Waals surface area contributed by atoms with Crippen LogP contribution in [-0.2, 0) is 0 Å². The monoisotopic (exact) mass is 283 g/mol. The van der Waals surface area contributed by atoms with E-state index in [0.717, 1.165) is 50.3 Å². The van der Waals surface area contributed by atoms with Crippen molar-refractivity contribution in [2.45, 2.75) is 38.1 Å². The van der Waals surface area contributed by atoms with Gasteiger partial charge in [0.05, 0.1) is 0 Å². The second-order valence-electron chi connectivity index (χ2n) is 5.32. The number of hydrogen-bond acceptors (Lipinski definition) is 2. The molecule has 5 heteroatoms. The molecule has 1 aliphatic rings. The lowest BCUT2D eigenvalue weighted by atomic mass is 9.95. The van der Waals surface area contributed by atoms with Gasteiger partial charge >= 0.3 is 0 Å². The Kier molecular flexibility index (Phi) is 5.06. The van der Waals surface area contributed by atoms with Gasteiger partial charge in [-0.3, -0.25) is 4.79 Å². The predicted octanol–water partition coefficient (Wildman–Crippen LogP) is 2.64. The van der Waals surface area contributed by atoms with Crippen molar-refractivity contribution in [2.75, 3.05) is 6.61 Å². The second kappa shape index (κ2) is 6.79. The summed E-state index contributed by atoms with van der Waals surface area (Å²) < 4.78 is 26.2. The van der Waals surface area contributed by atoms with Gasteiger partial charge in [0.1, 0.15) is 11.6 Å². The standard InChI is InChI=1S/C15H19F2NO2/c16-12-6-11(7-13(17)8-12)15(20)18-14-5-3-1-2-4-10(14)9-19/h6-8,10,14,19H,1-5,9H2,(H,18,20). The molecule has 0 aromatic heterocycles. The first-order valence-electron chi connectivity index (χ1n) is 6.98. The van der Waals surface area contributed by atoms with E-state index in [9.17, 15) is 18.7 Å². The maximum absolute atomic E-state index is 13.1. The van der Waals surface area contributed by atoms with Gasteiger partial charge < -0.3 is 10.4 Å². The molecule has 1 aromatic rings. The molecule has 1 saturated carbocycles. The number of amides is 1. The molecule has 110 valence electrons. The fourth-order valence-electron chi connectivity index (χ4n) is 2.73. The van der Waals surface area contributed by atoms with E-state index >= 15 is 0 Å². The fourth-order valence-corrected chi connectivity index (χ4v) is 2.73. The molecule has 0 saturated heterocycles. The molecule has 3 nitrogen and oxygen atoms in total. The topological polar surface area (TPSA) is 49.3 Å². The van der Waals surface area contributed by atoms with E-state index in [-0.39, 0.29) is 24.1 Å². The summed E-state index contributed by atoms with van der Waals surface area (Å²) in [6.45, 7) is 0.0163. The second-order valence-corrected chi connectivity index (χ2v) is 5.32. The van der Waals surface area contributed by atoms with E-state index in [0.29, 0.717) is 0 Å². The molecule has 1 amide bonds. The number of aliphatic hydroxyl groups is 1. The highest BCUT2D eigenvalue weighted by molar-refractivity contribution is 5.94. The first-order valence-corrected chi connectivity index (χ1v) is 6.98. The van der Waals surface area contributed by atoms with Crippen LogP contribution in [0.15, 0.2) is 18.2 Å². The third-order valence-electron chi connectivity index (χ3n) is 3.83. The Hall–Kier alpha value is -1.49. The first-order chi connectivity index (χ1) is 9.60. The Balaban J connectivity index is 2.08. The zero-order chi connectivity index (χ0) is 14.5. The molecule has 1 aliphatic carbocycles. The van der Waals surface area contributed by atoms with Crippen molar-refractivity contribution in [1.82, 2.24) is 5.32 Å². The summed E-state index contributed by atoms with van der Waals surface area (Å²) in [5.41, 5.74) is -0.0246. The minimum Gasteiger partial charge on any atom is -0.396 e. The number of hydrogen-bond donors (Lipinski definition) is 2. The van der Waals surface area contributed by atoms with E-state index in [2.05, 4.69) is 5.32 Å². The molecular weight excluding hydrogens is 264 g/mol. The van der Waals surface area contributed by atoms with Crippen molar-refractivity contribution in [3.63, 3.8) is 0 Å². The van der Waals surface area contributed by atoms with Crippen LogP contribution in [0, 0.1) is 17.6 Å². The molecule has 0 spiro atoms. The Bertz CT molecular complexity index is 459. The maximum atomic E-state index is 13.1. The molecule has 2 atom stereocenters. The lowest BCUT2D eigenvalue weighted by Crippen LogP contribution is -2.41. The molecule has 20 heavy (non-hydrogen) atoms. The minimum absolute atomic E-state index is 0.0138. The maximum Gasteiger partial charge on any atom is 0.251 e. The van der Waals surface area contributed by atoms with Gasteiger partial charge in [-0.25, -0.2) is 8.78 Å². The number of benzene rings is 1. The minimum atomic E-state index is -0.769. The zero-order valence-electron chi connectivity index (χ0n) is 11.2. The molecule has 2 rings (SSSR count). The highest BCUT2D eigenvalue weighted by atomic mass is 19.1. The van der Waals surface area contributed by atoms with Crippen molar-refractivity contribution in [1.29, 1.82) is 0 Å². The molecule has 0 aliphatic heterocycles. The van der Waals surface area contributed by atoms with E-state index in [1.807, 2.05) is 0 Å². The summed E-state index contributed by atoms with van der Waals surface area (Å²) in [5.74, 6) is -2.02. The van der Waals surface area contributed by atoms with Gasteiger partial charge in [0.15, 0.2) is 0 Å². The molecular formula is C15H19F2NO2. The SMILES string of the molecule is O=C(NC1CCCCCC1CO)c1cc(F)cc(F)c1. The number of carbonyl (C=O) groups is 1. The number of aliphatic hydroxyl groups excluding tert-OH is 1. The molecule has 1 aromatic carbocycles. The lowest BCUT2D eigenvalue weighted by molar-refractivity contribution is 0.0898. The molecule has 0 heterocycles. The summed E-state index contributed by atoms with van der Waals surface area (Å²) in [7, 11) is 0. The van der Waals surface area contributed by atoms with Gasteiger partial charge in [-0.1, -0.05) is 19.3 Å². The summed E-state index contributed by atoms with van der Waals surface area (Å²) >= 11 is 0. The summed E-state index contributed by atoms with van der Waals surface area (Å²) in [5, 5.41) is 12.2. The summed E-state index contributed by atoms with van der Waals surface area (Å²) in [6, 6.07) is 2.63. The normalized spacial score (nSPS) is 23.1. The smallest absolute Gasteiger partial charge is 0.251 e. The van der Waals surface area contributed by atoms with Crippen LogP contribution in [-0.4, -0.2) is 23.7 Å². The van der Waals surface area contributed by atoms with Crippen molar-refractivity contribution >= 4 is 5.91 Å². The summed E-state index contributed by atoms with van der Waals surface area (Å²) in [4.78, 5) is 12.1. The van der Waals surface area contributed by atoms with Gasteiger partial charge in [0, 0.05) is 30.2 Å². The first kappa shape index (κ1) is 14.9. The lowest BCUT2D eigenvalue weighted by Gasteiger charge is -2.24. The van der Waals surface area contributed by atoms with E-state index in [1.54, 1.807) is 0 Å². The van der Waals surface area contributed by atoms with Crippen molar-refractivity contribution in [2.24, 2.45) is 5.92 Å². The average Bonchev–Trinajstić information content (AvgIpc) is 2.62. The van der Waals surface area contributed by atoms with Gasteiger partial charge in [0.2, 0.25) is 0 Å². The van der Waals surface area contributed by atoms with Gasteiger partial charge in [-0.15, -0.1) is 0 Å². The average molecular weight is 283 g/mol. The van der Waals surface area contributed by atoms with Gasteiger partial charge in [-0.05, 0) is 25.0 Å². The zero-order valence-corrected chi connectivity index (χ0v) is 11.2. The fraction of sp³-hybridized carbons (Fsp3) is 0.533. The van der Waals surface area contributed by atoms with Gasteiger partial charge in [-0.2, -0.15) is 0 Å². The van der Waals surface area contributed by atoms with Crippen LogP contribution >= 0.6 is 0 Å². The number of carbonyl (C=O) groups excluding carboxylic acids is 1. The van der Waals surface area contributed by atoms with Crippen molar-refractivity contribution < 1.29 is 18.7 Å². The van der Waals surface area contributed by atoms with Crippen LogP contribution in [0.25, 0.3) is 0 Å². The highest BCUT2D eigenvalue weighted by Crippen LogP contribution is 2.23. The van der Waals surface area contributed by atoms with E-state index in [1.165, 1.54) is 0 Å². The number of nitrogens with one attached hydrogen (secondary N) is 1.